The molecule has 0 spiro atoms. The SMILES string of the molecule is C=CC(C)(CBr)CCS(=O)(=O)C(C)C. The average molecular weight is 283 g/mol. The van der Waals surface area contributed by atoms with Gasteiger partial charge in [0.2, 0.25) is 0 Å². The number of hydrogen-bond donors (Lipinski definition) is 0. The first kappa shape index (κ1) is 14.2. The molecule has 0 aromatic heterocycles. The molecule has 0 fully saturated rings. The van der Waals surface area contributed by atoms with Crippen LogP contribution in [0.4, 0.5) is 0 Å². The minimum absolute atomic E-state index is 0.123. The second-order valence-electron chi connectivity index (χ2n) is 4.16. The van der Waals surface area contributed by atoms with Crippen LogP contribution in [-0.4, -0.2) is 24.8 Å². The molecule has 0 aliphatic carbocycles. The van der Waals surface area contributed by atoms with Crippen molar-refractivity contribution in [3.8, 4) is 0 Å². The lowest BCUT2D eigenvalue weighted by molar-refractivity contribution is 0.472. The molecule has 84 valence electrons. The van der Waals surface area contributed by atoms with Gasteiger partial charge in [-0.05, 0) is 25.7 Å². The smallest absolute Gasteiger partial charge is 0.152 e. The van der Waals surface area contributed by atoms with Crippen molar-refractivity contribution >= 4 is 25.8 Å². The minimum Gasteiger partial charge on any atom is -0.229 e. The van der Waals surface area contributed by atoms with Crippen LogP contribution in [0.15, 0.2) is 12.7 Å². The Balaban J connectivity index is 4.39. The summed E-state index contributed by atoms with van der Waals surface area (Å²) in [5.41, 5.74) is -0.123. The Kier molecular flexibility index (Phi) is 5.37. The Morgan fingerprint density at radius 3 is 2.29 bits per heavy atom. The van der Waals surface area contributed by atoms with Crippen LogP contribution in [0.5, 0.6) is 0 Å². The van der Waals surface area contributed by atoms with Crippen LogP contribution in [-0.2, 0) is 9.84 Å². The molecule has 0 amide bonds. The molecule has 0 bridgehead atoms. The van der Waals surface area contributed by atoms with E-state index in [2.05, 4.69) is 22.5 Å². The molecule has 0 heterocycles. The fourth-order valence-electron chi connectivity index (χ4n) is 0.835. The molecular weight excluding hydrogens is 264 g/mol. The molecule has 0 aliphatic rings. The van der Waals surface area contributed by atoms with Crippen molar-refractivity contribution in [3.05, 3.63) is 12.7 Å². The summed E-state index contributed by atoms with van der Waals surface area (Å²) in [5.74, 6) is 0.235. The molecule has 0 saturated carbocycles. The molecule has 0 aromatic rings. The highest BCUT2D eigenvalue weighted by atomic mass is 79.9. The molecular formula is C10H19BrO2S. The van der Waals surface area contributed by atoms with Crippen molar-refractivity contribution in [2.24, 2.45) is 5.41 Å². The number of alkyl halides is 1. The lowest BCUT2D eigenvalue weighted by Gasteiger charge is -2.23. The van der Waals surface area contributed by atoms with Crippen LogP contribution in [0.1, 0.15) is 27.2 Å². The van der Waals surface area contributed by atoms with Crippen molar-refractivity contribution in [3.63, 3.8) is 0 Å². The Labute approximate surface area is 95.8 Å². The number of halogens is 1. The zero-order valence-corrected chi connectivity index (χ0v) is 11.5. The zero-order chi connectivity index (χ0) is 11.4. The van der Waals surface area contributed by atoms with E-state index in [-0.39, 0.29) is 16.4 Å². The average Bonchev–Trinajstić information content (AvgIpc) is 2.14. The van der Waals surface area contributed by atoms with Gasteiger partial charge in [-0.3, -0.25) is 0 Å². The molecule has 14 heavy (non-hydrogen) atoms. The van der Waals surface area contributed by atoms with Gasteiger partial charge >= 0.3 is 0 Å². The summed E-state index contributed by atoms with van der Waals surface area (Å²) < 4.78 is 23.1. The monoisotopic (exact) mass is 282 g/mol. The summed E-state index contributed by atoms with van der Waals surface area (Å²) in [6.45, 7) is 9.16. The Morgan fingerprint density at radius 1 is 1.50 bits per heavy atom. The molecule has 0 rings (SSSR count). The van der Waals surface area contributed by atoms with Crippen molar-refractivity contribution < 1.29 is 8.42 Å². The first-order chi connectivity index (χ1) is 6.27. The van der Waals surface area contributed by atoms with Crippen molar-refractivity contribution in [2.45, 2.75) is 32.4 Å². The van der Waals surface area contributed by atoms with E-state index in [1.165, 1.54) is 0 Å². The van der Waals surface area contributed by atoms with Gasteiger partial charge in [0.05, 0.1) is 11.0 Å². The van der Waals surface area contributed by atoms with E-state index in [9.17, 15) is 8.42 Å². The quantitative estimate of drug-likeness (QED) is 0.555. The first-order valence-corrected chi connectivity index (χ1v) is 7.52. The summed E-state index contributed by atoms with van der Waals surface area (Å²) in [6.07, 6.45) is 2.44. The van der Waals surface area contributed by atoms with Gasteiger partial charge in [-0.1, -0.05) is 28.9 Å². The molecule has 0 aliphatic heterocycles. The van der Waals surface area contributed by atoms with E-state index in [1.54, 1.807) is 13.8 Å². The Bertz CT molecular complexity index is 282. The van der Waals surface area contributed by atoms with Gasteiger partial charge in [-0.2, -0.15) is 0 Å². The lowest BCUT2D eigenvalue weighted by atomic mass is 9.91. The Morgan fingerprint density at radius 2 is 2.00 bits per heavy atom. The van der Waals surface area contributed by atoms with Crippen molar-refractivity contribution in [1.29, 1.82) is 0 Å². The van der Waals surface area contributed by atoms with E-state index in [1.807, 2.05) is 13.0 Å². The molecule has 0 saturated heterocycles. The topological polar surface area (TPSA) is 34.1 Å². The van der Waals surface area contributed by atoms with E-state index in [4.69, 9.17) is 0 Å². The maximum absolute atomic E-state index is 11.6. The highest BCUT2D eigenvalue weighted by molar-refractivity contribution is 9.09. The molecule has 0 aromatic carbocycles. The summed E-state index contributed by atoms with van der Waals surface area (Å²) in [4.78, 5) is 0. The van der Waals surface area contributed by atoms with Crippen molar-refractivity contribution in [2.75, 3.05) is 11.1 Å². The summed E-state index contributed by atoms with van der Waals surface area (Å²) in [6, 6.07) is 0. The predicted molar refractivity (Wildman–Crippen MR) is 65.6 cm³/mol. The van der Waals surface area contributed by atoms with Gasteiger partial charge in [0.25, 0.3) is 0 Å². The van der Waals surface area contributed by atoms with Crippen LogP contribution in [0.3, 0.4) is 0 Å². The first-order valence-electron chi connectivity index (χ1n) is 4.68. The van der Waals surface area contributed by atoms with Crippen molar-refractivity contribution in [1.82, 2.24) is 0 Å². The fourth-order valence-corrected chi connectivity index (χ4v) is 2.57. The highest BCUT2D eigenvalue weighted by Gasteiger charge is 2.24. The van der Waals surface area contributed by atoms with Gasteiger partial charge in [-0.25, -0.2) is 8.42 Å². The largest absolute Gasteiger partial charge is 0.229 e. The molecule has 1 unspecified atom stereocenters. The van der Waals surface area contributed by atoms with Crippen LogP contribution >= 0.6 is 15.9 Å². The van der Waals surface area contributed by atoms with E-state index in [0.29, 0.717) is 6.42 Å². The maximum atomic E-state index is 11.6. The Hall–Kier alpha value is 0.170. The normalized spacial score (nSPS) is 16.6. The number of hydrogen-bond acceptors (Lipinski definition) is 2. The predicted octanol–water partition coefficient (Wildman–Crippen LogP) is 2.79. The second-order valence-corrected chi connectivity index (χ2v) is 7.40. The van der Waals surface area contributed by atoms with Gasteiger partial charge in [0.15, 0.2) is 9.84 Å². The van der Waals surface area contributed by atoms with Gasteiger partial charge < -0.3 is 0 Å². The molecule has 0 radical (unpaired) electrons. The van der Waals surface area contributed by atoms with E-state index in [0.717, 1.165) is 5.33 Å². The zero-order valence-electron chi connectivity index (χ0n) is 9.09. The van der Waals surface area contributed by atoms with E-state index < -0.39 is 9.84 Å². The number of sulfone groups is 1. The van der Waals surface area contributed by atoms with Gasteiger partial charge in [0.1, 0.15) is 0 Å². The third kappa shape index (κ3) is 4.13. The molecule has 2 nitrogen and oxygen atoms in total. The summed E-state index contributed by atoms with van der Waals surface area (Å²) in [5, 5.41) is 0.462. The fraction of sp³-hybridized carbons (Fsp3) is 0.800. The van der Waals surface area contributed by atoms with Crippen LogP contribution < -0.4 is 0 Å². The van der Waals surface area contributed by atoms with Gasteiger partial charge in [-0.15, -0.1) is 6.58 Å². The second kappa shape index (κ2) is 5.31. The van der Waals surface area contributed by atoms with Crippen LogP contribution in [0.25, 0.3) is 0 Å². The lowest BCUT2D eigenvalue weighted by Crippen LogP contribution is -2.24. The molecule has 1 atom stereocenters. The maximum Gasteiger partial charge on any atom is 0.152 e. The third-order valence-corrected chi connectivity index (χ3v) is 5.96. The van der Waals surface area contributed by atoms with Gasteiger partial charge in [0, 0.05) is 5.33 Å². The van der Waals surface area contributed by atoms with E-state index >= 15 is 0 Å². The molecule has 4 heteroatoms. The highest BCUT2D eigenvalue weighted by Crippen LogP contribution is 2.26. The number of rotatable bonds is 6. The van der Waals surface area contributed by atoms with Crippen LogP contribution in [0, 0.1) is 5.41 Å². The summed E-state index contributed by atoms with van der Waals surface area (Å²) >= 11 is 3.37. The van der Waals surface area contributed by atoms with Crippen LogP contribution in [0.2, 0.25) is 0 Å². The molecule has 0 N–H and O–H groups in total. The summed E-state index contributed by atoms with van der Waals surface area (Å²) in [7, 11) is -2.92. The third-order valence-electron chi connectivity index (χ3n) is 2.47. The minimum atomic E-state index is -2.92. The number of allylic oxidation sites excluding steroid dienone is 1. The standard InChI is InChI=1S/C10H19BrO2S/c1-5-10(4,8-11)6-7-14(12,13)9(2)3/h5,9H,1,6-8H2,2-4H3.